The summed E-state index contributed by atoms with van der Waals surface area (Å²) in [5.41, 5.74) is 1.74. The molecule has 1 heterocycles. The van der Waals surface area contributed by atoms with E-state index in [0.29, 0.717) is 16.8 Å². The molecule has 0 aliphatic rings. The van der Waals surface area contributed by atoms with Crippen molar-refractivity contribution in [3.05, 3.63) is 58.0 Å². The monoisotopic (exact) mass is 232 g/mol. The van der Waals surface area contributed by atoms with Gasteiger partial charge in [0.05, 0.1) is 10.6 Å². The number of pyridine rings is 1. The fourth-order valence-corrected chi connectivity index (χ4v) is 1.60. The molecule has 5 heteroatoms. The smallest absolute Gasteiger partial charge is 0.258 e. The fourth-order valence-electron chi connectivity index (χ4n) is 1.60. The van der Waals surface area contributed by atoms with Gasteiger partial charge in [-0.25, -0.2) is 9.37 Å². The van der Waals surface area contributed by atoms with Crippen molar-refractivity contribution in [2.75, 3.05) is 0 Å². The third-order valence-electron chi connectivity index (χ3n) is 2.37. The van der Waals surface area contributed by atoms with E-state index in [1.54, 1.807) is 19.1 Å². The van der Waals surface area contributed by atoms with Gasteiger partial charge in [-0.15, -0.1) is 0 Å². The Balaban J connectivity index is 2.50. The number of hydrogen-bond donors (Lipinski definition) is 0. The Labute approximate surface area is 96.9 Å². The van der Waals surface area contributed by atoms with Crippen LogP contribution >= 0.6 is 0 Å². The maximum Gasteiger partial charge on any atom is 0.287 e. The molecule has 0 saturated heterocycles. The van der Waals surface area contributed by atoms with Crippen LogP contribution in [0.2, 0.25) is 0 Å². The van der Waals surface area contributed by atoms with Gasteiger partial charge in [-0.1, -0.05) is 12.1 Å². The third kappa shape index (κ3) is 2.28. The summed E-state index contributed by atoms with van der Waals surface area (Å²) in [7, 11) is 0. The molecular formula is C12H9FN2O2. The van der Waals surface area contributed by atoms with Crippen molar-refractivity contribution >= 4 is 5.69 Å². The van der Waals surface area contributed by atoms with E-state index in [-0.39, 0.29) is 11.5 Å². The molecule has 0 N–H and O–H groups in total. The summed E-state index contributed by atoms with van der Waals surface area (Å²) >= 11 is 0. The Kier molecular flexibility index (Phi) is 2.82. The SMILES string of the molecule is Cc1cc([N+](=O)[O-])cnc1-c1cccc(F)c1. The van der Waals surface area contributed by atoms with Crippen molar-refractivity contribution in [3.63, 3.8) is 0 Å². The molecule has 0 spiro atoms. The van der Waals surface area contributed by atoms with Crippen molar-refractivity contribution in [2.24, 2.45) is 0 Å². The van der Waals surface area contributed by atoms with E-state index in [4.69, 9.17) is 0 Å². The normalized spacial score (nSPS) is 10.2. The molecule has 86 valence electrons. The quantitative estimate of drug-likeness (QED) is 0.590. The first kappa shape index (κ1) is 11.2. The van der Waals surface area contributed by atoms with Crippen molar-refractivity contribution < 1.29 is 9.31 Å². The highest BCUT2D eigenvalue weighted by Crippen LogP contribution is 2.24. The van der Waals surface area contributed by atoms with E-state index in [1.165, 1.54) is 24.4 Å². The van der Waals surface area contributed by atoms with Crippen LogP contribution in [0.1, 0.15) is 5.56 Å². The summed E-state index contributed by atoms with van der Waals surface area (Å²) in [5, 5.41) is 10.6. The Hall–Kier alpha value is -2.30. The summed E-state index contributed by atoms with van der Waals surface area (Å²) in [5.74, 6) is -0.359. The number of rotatable bonds is 2. The Bertz CT molecular complexity index is 584. The first-order valence-corrected chi connectivity index (χ1v) is 4.95. The summed E-state index contributed by atoms with van der Waals surface area (Å²) < 4.78 is 13.1. The van der Waals surface area contributed by atoms with Gasteiger partial charge >= 0.3 is 0 Å². The second-order valence-electron chi connectivity index (χ2n) is 3.63. The molecule has 0 aliphatic heterocycles. The van der Waals surface area contributed by atoms with Gasteiger partial charge in [0.15, 0.2) is 0 Å². The van der Waals surface area contributed by atoms with Crippen molar-refractivity contribution in [1.82, 2.24) is 4.98 Å². The Morgan fingerprint density at radius 3 is 2.71 bits per heavy atom. The van der Waals surface area contributed by atoms with Crippen LogP contribution in [-0.4, -0.2) is 9.91 Å². The van der Waals surface area contributed by atoms with E-state index < -0.39 is 4.92 Å². The van der Waals surface area contributed by atoms with Gasteiger partial charge < -0.3 is 0 Å². The summed E-state index contributed by atoms with van der Waals surface area (Å²) in [6.07, 6.45) is 1.17. The summed E-state index contributed by atoms with van der Waals surface area (Å²) in [6.45, 7) is 1.71. The fraction of sp³-hybridized carbons (Fsp3) is 0.0833. The molecule has 4 nitrogen and oxygen atoms in total. The number of aromatic nitrogens is 1. The number of aryl methyl sites for hydroxylation is 1. The first-order valence-electron chi connectivity index (χ1n) is 4.95. The van der Waals surface area contributed by atoms with Gasteiger partial charge in [-0.05, 0) is 24.6 Å². The van der Waals surface area contributed by atoms with E-state index in [1.807, 2.05) is 0 Å². The maximum atomic E-state index is 13.1. The van der Waals surface area contributed by atoms with Gasteiger partial charge in [0, 0.05) is 11.6 Å². The molecule has 1 aromatic heterocycles. The minimum atomic E-state index is -0.505. The van der Waals surface area contributed by atoms with Crippen LogP contribution in [0.25, 0.3) is 11.3 Å². The number of nitro groups is 1. The van der Waals surface area contributed by atoms with Crippen molar-refractivity contribution in [1.29, 1.82) is 0 Å². The molecule has 0 fully saturated rings. The molecule has 17 heavy (non-hydrogen) atoms. The van der Waals surface area contributed by atoms with E-state index in [2.05, 4.69) is 4.98 Å². The zero-order chi connectivity index (χ0) is 12.4. The van der Waals surface area contributed by atoms with E-state index in [9.17, 15) is 14.5 Å². The largest absolute Gasteiger partial charge is 0.287 e. The zero-order valence-corrected chi connectivity index (χ0v) is 9.05. The highest BCUT2D eigenvalue weighted by atomic mass is 19.1. The molecule has 0 radical (unpaired) electrons. The molecule has 0 bridgehead atoms. The number of hydrogen-bond acceptors (Lipinski definition) is 3. The summed E-state index contributed by atoms with van der Waals surface area (Å²) in [4.78, 5) is 14.1. The number of benzene rings is 1. The molecule has 0 aliphatic carbocycles. The molecule has 0 saturated carbocycles. The Morgan fingerprint density at radius 1 is 1.35 bits per heavy atom. The molecule has 0 atom stereocenters. The first-order chi connectivity index (χ1) is 8.08. The lowest BCUT2D eigenvalue weighted by Crippen LogP contribution is -1.94. The predicted octanol–water partition coefficient (Wildman–Crippen LogP) is 3.10. The van der Waals surface area contributed by atoms with Crippen LogP contribution in [0, 0.1) is 22.9 Å². The van der Waals surface area contributed by atoms with Gasteiger partial charge in [0.1, 0.15) is 12.0 Å². The van der Waals surface area contributed by atoms with Gasteiger partial charge in [-0.3, -0.25) is 10.1 Å². The molecular weight excluding hydrogens is 223 g/mol. The molecule has 1 aromatic carbocycles. The van der Waals surface area contributed by atoms with Crippen LogP contribution in [-0.2, 0) is 0 Å². The topological polar surface area (TPSA) is 56.0 Å². The minimum Gasteiger partial charge on any atom is -0.258 e. The maximum absolute atomic E-state index is 13.1. The van der Waals surface area contributed by atoms with E-state index >= 15 is 0 Å². The van der Waals surface area contributed by atoms with Crippen molar-refractivity contribution in [3.8, 4) is 11.3 Å². The van der Waals surface area contributed by atoms with Crippen LogP contribution in [0.15, 0.2) is 36.5 Å². The van der Waals surface area contributed by atoms with E-state index in [0.717, 1.165) is 0 Å². The average molecular weight is 232 g/mol. The number of halogens is 1. The summed E-state index contributed by atoms with van der Waals surface area (Å²) in [6, 6.07) is 7.40. The van der Waals surface area contributed by atoms with Gasteiger partial charge in [0.25, 0.3) is 5.69 Å². The minimum absolute atomic E-state index is 0.0670. The van der Waals surface area contributed by atoms with Crippen LogP contribution in [0.3, 0.4) is 0 Å². The van der Waals surface area contributed by atoms with Crippen molar-refractivity contribution in [2.45, 2.75) is 6.92 Å². The molecule has 0 amide bonds. The van der Waals surface area contributed by atoms with Crippen LogP contribution in [0.4, 0.5) is 10.1 Å². The lowest BCUT2D eigenvalue weighted by molar-refractivity contribution is -0.385. The Morgan fingerprint density at radius 2 is 2.12 bits per heavy atom. The van der Waals surface area contributed by atoms with Crippen LogP contribution in [0.5, 0.6) is 0 Å². The predicted molar refractivity (Wildman–Crippen MR) is 61.0 cm³/mol. The third-order valence-corrected chi connectivity index (χ3v) is 2.37. The second kappa shape index (κ2) is 4.29. The number of nitrogens with zero attached hydrogens (tertiary/aromatic N) is 2. The lowest BCUT2D eigenvalue weighted by atomic mass is 10.1. The standard InChI is InChI=1S/C12H9FN2O2/c1-8-5-11(15(16)17)7-14-12(8)9-3-2-4-10(13)6-9/h2-7H,1H3. The lowest BCUT2D eigenvalue weighted by Gasteiger charge is -2.04. The highest BCUT2D eigenvalue weighted by molar-refractivity contribution is 5.63. The van der Waals surface area contributed by atoms with Gasteiger partial charge in [-0.2, -0.15) is 0 Å². The molecule has 0 unspecified atom stereocenters. The molecule has 2 rings (SSSR count). The zero-order valence-electron chi connectivity index (χ0n) is 9.05. The van der Waals surface area contributed by atoms with Gasteiger partial charge in [0.2, 0.25) is 0 Å². The van der Waals surface area contributed by atoms with Crippen LogP contribution < -0.4 is 0 Å². The molecule has 2 aromatic rings. The second-order valence-corrected chi connectivity index (χ2v) is 3.63. The average Bonchev–Trinajstić information content (AvgIpc) is 2.28. The highest BCUT2D eigenvalue weighted by Gasteiger charge is 2.11.